The molecule has 1 aliphatic rings. The van der Waals surface area contributed by atoms with Gasteiger partial charge in [0.25, 0.3) is 5.92 Å². The fourth-order valence-electron chi connectivity index (χ4n) is 2.22. The average molecular weight is 329 g/mol. The predicted molar refractivity (Wildman–Crippen MR) is 64.8 cm³/mol. The maximum absolute atomic E-state index is 13.8. The topological polar surface area (TPSA) is 51.4 Å². The van der Waals surface area contributed by atoms with Gasteiger partial charge in [-0.05, 0) is 12.5 Å². The summed E-state index contributed by atoms with van der Waals surface area (Å²) >= 11 is 0. The first-order valence-electron chi connectivity index (χ1n) is 6.34. The van der Waals surface area contributed by atoms with Crippen LogP contribution in [0.4, 0.5) is 32.2 Å². The van der Waals surface area contributed by atoms with Gasteiger partial charge in [-0.1, -0.05) is 0 Å². The highest BCUT2D eigenvalue weighted by atomic mass is 19.4. The molecule has 0 aliphatic carbocycles. The molecule has 1 aromatic heterocycles. The Labute approximate surface area is 121 Å². The number of anilines is 1. The van der Waals surface area contributed by atoms with Crippen LogP contribution in [0.1, 0.15) is 12.0 Å². The van der Waals surface area contributed by atoms with E-state index in [1.54, 1.807) is 0 Å². The van der Waals surface area contributed by atoms with Crippen molar-refractivity contribution in [2.75, 3.05) is 18.0 Å². The number of hydrogen-bond acceptors (Lipinski definition) is 4. The summed E-state index contributed by atoms with van der Waals surface area (Å²) < 4.78 is 80.7. The van der Waals surface area contributed by atoms with Gasteiger partial charge in [0.2, 0.25) is 0 Å². The van der Waals surface area contributed by atoms with Crippen LogP contribution in [0.15, 0.2) is 12.3 Å². The molecule has 4 nitrogen and oxygen atoms in total. The number of alkyl halides is 5. The minimum absolute atomic E-state index is 0.0342. The van der Waals surface area contributed by atoms with Gasteiger partial charge in [0.1, 0.15) is 17.7 Å². The molecule has 0 amide bonds. The van der Waals surface area contributed by atoms with Gasteiger partial charge in [0.05, 0.1) is 12.7 Å². The van der Waals surface area contributed by atoms with Gasteiger partial charge in [0, 0.05) is 18.7 Å². The van der Waals surface area contributed by atoms with Crippen LogP contribution in [0.2, 0.25) is 0 Å². The number of ether oxygens (including phenoxy) is 1. The second kappa shape index (κ2) is 5.92. The van der Waals surface area contributed by atoms with Gasteiger partial charge >= 0.3 is 6.36 Å². The normalized spacial score (nSPS) is 22.0. The zero-order chi connectivity index (χ0) is 16.5. The molecule has 1 fully saturated rings. The molecule has 0 radical (unpaired) electrons. The zero-order valence-electron chi connectivity index (χ0n) is 11.2. The first kappa shape index (κ1) is 16.8. The molecule has 2 N–H and O–H groups in total. The summed E-state index contributed by atoms with van der Waals surface area (Å²) in [5.41, 5.74) is 5.40. The van der Waals surface area contributed by atoms with Crippen LogP contribution in [-0.2, 0) is 11.3 Å². The monoisotopic (exact) mass is 329 g/mol. The van der Waals surface area contributed by atoms with Crippen molar-refractivity contribution in [2.24, 2.45) is 5.73 Å². The van der Waals surface area contributed by atoms with Crippen LogP contribution in [0, 0.1) is 5.82 Å². The highest BCUT2D eigenvalue weighted by molar-refractivity contribution is 5.42. The summed E-state index contributed by atoms with van der Waals surface area (Å²) in [7, 11) is 0. The maximum atomic E-state index is 13.8. The van der Waals surface area contributed by atoms with Crippen LogP contribution >= 0.6 is 0 Å². The van der Waals surface area contributed by atoms with E-state index in [1.165, 1.54) is 6.07 Å². The van der Waals surface area contributed by atoms with Crippen molar-refractivity contribution < 1.29 is 31.1 Å². The number of nitrogens with two attached hydrogens (primary N) is 1. The number of pyridine rings is 1. The van der Waals surface area contributed by atoms with E-state index in [9.17, 15) is 26.3 Å². The molecule has 1 aromatic rings. The second-order valence-corrected chi connectivity index (χ2v) is 4.86. The maximum Gasteiger partial charge on any atom is 0.522 e. The van der Waals surface area contributed by atoms with Gasteiger partial charge in [0.15, 0.2) is 0 Å². The predicted octanol–water partition coefficient (Wildman–Crippen LogP) is 2.43. The molecule has 1 unspecified atom stereocenters. The Morgan fingerprint density at radius 3 is 2.64 bits per heavy atom. The quantitative estimate of drug-likeness (QED) is 0.866. The summed E-state index contributed by atoms with van der Waals surface area (Å²) in [5.74, 6) is -4.35. The Balaban J connectivity index is 2.14. The summed E-state index contributed by atoms with van der Waals surface area (Å²) in [5, 5.41) is 0. The van der Waals surface area contributed by atoms with Crippen LogP contribution in [-0.4, -0.2) is 36.5 Å². The Morgan fingerprint density at radius 1 is 1.41 bits per heavy atom. The van der Waals surface area contributed by atoms with Crippen LogP contribution < -0.4 is 10.6 Å². The molecule has 2 heterocycles. The van der Waals surface area contributed by atoms with Crippen molar-refractivity contribution in [3.05, 3.63) is 23.6 Å². The van der Waals surface area contributed by atoms with Crippen molar-refractivity contribution in [3.63, 3.8) is 0 Å². The van der Waals surface area contributed by atoms with Crippen LogP contribution in [0.5, 0.6) is 0 Å². The van der Waals surface area contributed by atoms with Gasteiger partial charge in [-0.2, -0.15) is 0 Å². The van der Waals surface area contributed by atoms with Gasteiger partial charge in [-0.25, -0.2) is 18.2 Å². The molecule has 0 bridgehead atoms. The Hall–Kier alpha value is -1.55. The largest absolute Gasteiger partial charge is 0.522 e. The fourth-order valence-corrected chi connectivity index (χ4v) is 2.22. The standard InChI is InChI=1S/C12H13F6N3O/c13-8-5-20-10(3-7(8)4-19)21-2-1-9(11(14,15)6-21)22-12(16,17)18/h3,5,9H,1-2,4,6,19H2. The second-order valence-electron chi connectivity index (χ2n) is 4.86. The summed E-state index contributed by atoms with van der Waals surface area (Å²) in [6.07, 6.45) is -7.08. The highest BCUT2D eigenvalue weighted by Crippen LogP contribution is 2.35. The smallest absolute Gasteiger partial charge is 0.350 e. The molecule has 124 valence electrons. The number of halogens is 6. The highest BCUT2D eigenvalue weighted by Gasteiger charge is 2.50. The first-order chi connectivity index (χ1) is 10.1. The first-order valence-corrected chi connectivity index (χ1v) is 6.34. The minimum atomic E-state index is -5.13. The fraction of sp³-hybridized carbons (Fsp3) is 0.583. The number of nitrogens with zero attached hydrogens (tertiary/aromatic N) is 2. The van der Waals surface area contributed by atoms with Gasteiger partial charge in [-0.3, -0.25) is 4.74 Å². The number of hydrogen-bond donors (Lipinski definition) is 1. The molecule has 1 saturated heterocycles. The Bertz CT molecular complexity index is 536. The van der Waals surface area contributed by atoms with E-state index in [1.807, 2.05) is 0 Å². The van der Waals surface area contributed by atoms with Crippen molar-refractivity contribution in [3.8, 4) is 0 Å². The third-order valence-corrected chi connectivity index (χ3v) is 3.27. The minimum Gasteiger partial charge on any atom is -0.350 e. The molecule has 0 aromatic carbocycles. The van der Waals surface area contributed by atoms with E-state index < -0.39 is 37.2 Å². The van der Waals surface area contributed by atoms with E-state index in [4.69, 9.17) is 5.73 Å². The Morgan fingerprint density at radius 2 is 2.09 bits per heavy atom. The molecule has 22 heavy (non-hydrogen) atoms. The van der Waals surface area contributed by atoms with E-state index >= 15 is 0 Å². The Kier molecular flexibility index (Phi) is 4.52. The molecule has 2 rings (SSSR count). The molecule has 0 spiro atoms. The third-order valence-electron chi connectivity index (χ3n) is 3.27. The summed E-state index contributed by atoms with van der Waals surface area (Å²) in [6, 6.07) is 1.20. The van der Waals surface area contributed by atoms with Gasteiger partial charge < -0.3 is 10.6 Å². The number of aromatic nitrogens is 1. The van der Waals surface area contributed by atoms with Crippen molar-refractivity contribution in [1.29, 1.82) is 0 Å². The van der Waals surface area contributed by atoms with Crippen molar-refractivity contribution in [2.45, 2.75) is 31.4 Å². The van der Waals surface area contributed by atoms with Gasteiger partial charge in [-0.15, -0.1) is 13.2 Å². The van der Waals surface area contributed by atoms with E-state index in [0.29, 0.717) is 0 Å². The molecular formula is C12H13F6N3O. The lowest BCUT2D eigenvalue weighted by molar-refractivity contribution is -0.366. The van der Waals surface area contributed by atoms with Crippen LogP contribution in [0.3, 0.4) is 0 Å². The SMILES string of the molecule is NCc1cc(N2CCC(OC(F)(F)F)C(F)(F)C2)ncc1F. The lowest BCUT2D eigenvalue weighted by Gasteiger charge is -2.38. The van der Waals surface area contributed by atoms with Crippen LogP contribution in [0.25, 0.3) is 0 Å². The van der Waals surface area contributed by atoms with E-state index in [-0.39, 0.29) is 24.5 Å². The summed E-state index contributed by atoms with van der Waals surface area (Å²) in [6.45, 7) is -1.28. The molecule has 0 saturated carbocycles. The lowest BCUT2D eigenvalue weighted by Crippen LogP contribution is -2.54. The van der Waals surface area contributed by atoms with Crippen molar-refractivity contribution >= 4 is 5.82 Å². The summed E-state index contributed by atoms with van der Waals surface area (Å²) in [4.78, 5) is 4.75. The number of rotatable bonds is 3. The third kappa shape index (κ3) is 3.80. The molecule has 10 heteroatoms. The molecule has 1 aliphatic heterocycles. The molecule has 1 atom stereocenters. The van der Waals surface area contributed by atoms with Crippen molar-refractivity contribution in [1.82, 2.24) is 4.98 Å². The molecular weight excluding hydrogens is 316 g/mol. The van der Waals surface area contributed by atoms with E-state index in [0.717, 1.165) is 11.1 Å². The van der Waals surface area contributed by atoms with E-state index in [2.05, 4.69) is 9.72 Å². The number of piperidine rings is 1. The average Bonchev–Trinajstić information content (AvgIpc) is 2.40. The zero-order valence-corrected chi connectivity index (χ0v) is 11.2. The lowest BCUT2D eigenvalue weighted by atomic mass is 10.0.